The number of benzene rings is 1. The summed E-state index contributed by atoms with van der Waals surface area (Å²) in [5.41, 5.74) is -0.938. The maximum Gasteiger partial charge on any atom is 0.335 e. The third-order valence-corrected chi connectivity index (χ3v) is 6.89. The first kappa shape index (κ1) is 31.4. The number of aromatic amines is 1. The summed E-state index contributed by atoms with van der Waals surface area (Å²) in [6.07, 6.45) is 22.4. The van der Waals surface area contributed by atoms with E-state index in [9.17, 15) is 14.7 Å². The number of hydrogen-bond donors (Lipinski definition) is 2. The Balaban J connectivity index is 1.62. The van der Waals surface area contributed by atoms with E-state index in [1.165, 1.54) is 96.1 Å². The predicted molar refractivity (Wildman–Crippen MR) is 158 cm³/mol. The third kappa shape index (κ3) is 11.7. The number of hydrogen-bond acceptors (Lipinski definition) is 5. The second-order valence-corrected chi connectivity index (χ2v) is 10.1. The van der Waals surface area contributed by atoms with Crippen molar-refractivity contribution in [1.82, 2.24) is 9.55 Å². The zero-order chi connectivity index (χ0) is 27.4. The summed E-state index contributed by atoms with van der Waals surface area (Å²) >= 11 is 0. The maximum atomic E-state index is 12.3. The molecule has 0 saturated heterocycles. The van der Waals surface area contributed by atoms with Crippen molar-refractivity contribution in [3.05, 3.63) is 50.7 Å². The van der Waals surface area contributed by atoms with Gasteiger partial charge in [-0.3, -0.25) is 14.8 Å². The van der Waals surface area contributed by atoms with Crippen LogP contribution in [-0.4, -0.2) is 34.0 Å². The largest absolute Gasteiger partial charge is 0.494 e. The van der Waals surface area contributed by atoms with Crippen molar-refractivity contribution in [1.29, 1.82) is 0 Å². The van der Waals surface area contributed by atoms with E-state index in [0.29, 0.717) is 24.6 Å². The Bertz CT molecular complexity index is 1040. The van der Waals surface area contributed by atoms with Gasteiger partial charge in [-0.15, -0.1) is 0 Å². The van der Waals surface area contributed by atoms with Crippen LogP contribution in [0.1, 0.15) is 122 Å². The molecule has 0 atom stereocenters. The molecule has 212 valence electrons. The van der Waals surface area contributed by atoms with Gasteiger partial charge in [0.1, 0.15) is 11.3 Å². The fourth-order valence-corrected chi connectivity index (χ4v) is 4.66. The molecule has 0 fully saturated rings. The van der Waals surface area contributed by atoms with Crippen LogP contribution in [0.2, 0.25) is 0 Å². The molecule has 0 radical (unpaired) electrons. The first-order chi connectivity index (χ1) is 18.6. The van der Waals surface area contributed by atoms with Crippen LogP contribution in [0.5, 0.6) is 11.6 Å². The van der Waals surface area contributed by atoms with Gasteiger partial charge in [0.25, 0.3) is 5.56 Å². The van der Waals surface area contributed by atoms with Gasteiger partial charge in [0.2, 0.25) is 5.88 Å². The Hall–Kier alpha value is -2.83. The van der Waals surface area contributed by atoms with E-state index in [2.05, 4.69) is 16.9 Å². The number of H-pyrrole nitrogens is 1. The van der Waals surface area contributed by atoms with Gasteiger partial charge in [0, 0.05) is 12.8 Å². The lowest BCUT2D eigenvalue weighted by atomic mass is 10.0. The molecule has 0 aliphatic heterocycles. The molecule has 7 heteroatoms. The average molecular weight is 528 g/mol. The molecule has 0 spiro atoms. The first-order valence-electron chi connectivity index (χ1n) is 14.9. The van der Waals surface area contributed by atoms with E-state index in [0.717, 1.165) is 17.4 Å². The van der Waals surface area contributed by atoms with Crippen LogP contribution >= 0.6 is 0 Å². The minimum absolute atomic E-state index is 0.0185. The lowest BCUT2D eigenvalue weighted by molar-refractivity contribution is 0.340. The molecule has 0 saturated carbocycles. The Morgan fingerprint density at radius 1 is 0.789 bits per heavy atom. The molecule has 0 aliphatic rings. The molecule has 7 nitrogen and oxygen atoms in total. The van der Waals surface area contributed by atoms with Crippen molar-refractivity contribution in [2.45, 2.75) is 117 Å². The van der Waals surface area contributed by atoms with Gasteiger partial charge in [0.15, 0.2) is 0 Å². The third-order valence-electron chi connectivity index (χ3n) is 6.89. The summed E-state index contributed by atoms with van der Waals surface area (Å²) in [5.74, 6) is 0.243. The lowest BCUT2D eigenvalue weighted by Gasteiger charge is -2.10. The number of unbranched alkanes of at least 4 members (excludes halogenated alkanes) is 15. The van der Waals surface area contributed by atoms with Crippen molar-refractivity contribution in [2.24, 2.45) is 4.99 Å². The van der Waals surface area contributed by atoms with Crippen LogP contribution in [0, 0.1) is 0 Å². The van der Waals surface area contributed by atoms with Gasteiger partial charge in [0.05, 0.1) is 12.3 Å². The van der Waals surface area contributed by atoms with Gasteiger partial charge >= 0.3 is 5.69 Å². The monoisotopic (exact) mass is 527 g/mol. The number of aliphatic imine (C=N–C) groups is 1. The number of aromatic nitrogens is 2. The summed E-state index contributed by atoms with van der Waals surface area (Å²) < 4.78 is 6.48. The van der Waals surface area contributed by atoms with E-state index < -0.39 is 17.1 Å². The maximum absolute atomic E-state index is 12.3. The van der Waals surface area contributed by atoms with Crippen LogP contribution in [0.25, 0.3) is 5.69 Å². The standard InChI is InChI=1S/C31H49N3O4/c1-3-5-6-7-8-9-10-11-12-13-14-15-16-17-18-19-24-32-25-28-29(35)33-31(37)34(30(28)36)26-20-22-27(23-21-26)38-4-2/h20-23,25,36H,3-19,24H2,1-2H3,(H,33,35,37). The molecule has 2 rings (SSSR count). The van der Waals surface area contributed by atoms with Crippen LogP contribution in [0.3, 0.4) is 0 Å². The molecule has 1 aromatic heterocycles. The minimum Gasteiger partial charge on any atom is -0.494 e. The number of rotatable bonds is 21. The number of nitrogens with one attached hydrogen (secondary N) is 1. The van der Waals surface area contributed by atoms with E-state index in [4.69, 9.17) is 4.74 Å². The Kier molecular flexibility index (Phi) is 15.9. The highest BCUT2D eigenvalue weighted by Crippen LogP contribution is 2.19. The van der Waals surface area contributed by atoms with Gasteiger partial charge in [-0.1, -0.05) is 103 Å². The summed E-state index contributed by atoms with van der Waals surface area (Å²) in [4.78, 5) is 31.2. The number of ether oxygens (including phenoxy) is 1. The second-order valence-electron chi connectivity index (χ2n) is 10.1. The first-order valence-corrected chi connectivity index (χ1v) is 14.9. The Morgan fingerprint density at radius 3 is 1.79 bits per heavy atom. The quantitative estimate of drug-likeness (QED) is 0.131. The molecule has 2 N–H and O–H groups in total. The summed E-state index contributed by atoms with van der Waals surface area (Å²) in [7, 11) is 0. The van der Waals surface area contributed by atoms with Crippen molar-refractivity contribution < 1.29 is 9.84 Å². The van der Waals surface area contributed by atoms with Gasteiger partial charge < -0.3 is 9.84 Å². The minimum atomic E-state index is -0.702. The highest BCUT2D eigenvalue weighted by molar-refractivity contribution is 5.82. The fourth-order valence-electron chi connectivity index (χ4n) is 4.66. The van der Waals surface area contributed by atoms with Gasteiger partial charge in [-0.05, 0) is 37.6 Å². The molecular weight excluding hydrogens is 478 g/mol. The van der Waals surface area contributed by atoms with Crippen molar-refractivity contribution in [2.75, 3.05) is 13.2 Å². The fraction of sp³-hybridized carbons (Fsp3) is 0.645. The highest BCUT2D eigenvalue weighted by atomic mass is 16.5. The van der Waals surface area contributed by atoms with E-state index >= 15 is 0 Å². The summed E-state index contributed by atoms with van der Waals surface area (Å²) in [6, 6.07) is 6.73. The van der Waals surface area contributed by atoms with Crippen LogP contribution in [-0.2, 0) is 0 Å². The molecule has 0 amide bonds. The molecule has 0 bridgehead atoms. The van der Waals surface area contributed by atoms with Crippen molar-refractivity contribution in [3.8, 4) is 17.3 Å². The van der Waals surface area contributed by atoms with Crippen LogP contribution in [0.4, 0.5) is 0 Å². The Morgan fingerprint density at radius 2 is 1.29 bits per heavy atom. The zero-order valence-electron chi connectivity index (χ0n) is 23.7. The van der Waals surface area contributed by atoms with E-state index in [1.54, 1.807) is 24.3 Å². The second kappa shape index (κ2) is 19.3. The van der Waals surface area contributed by atoms with E-state index in [1.807, 2.05) is 6.92 Å². The van der Waals surface area contributed by atoms with E-state index in [-0.39, 0.29) is 5.56 Å². The lowest BCUT2D eigenvalue weighted by Crippen LogP contribution is -2.31. The molecule has 0 unspecified atom stereocenters. The molecule has 38 heavy (non-hydrogen) atoms. The molecule has 1 heterocycles. The number of aromatic hydroxyl groups is 1. The Labute approximate surface area is 228 Å². The molecule has 0 aliphatic carbocycles. The summed E-state index contributed by atoms with van der Waals surface area (Å²) in [6.45, 7) is 5.27. The van der Waals surface area contributed by atoms with Gasteiger partial charge in [-0.25, -0.2) is 9.36 Å². The smallest absolute Gasteiger partial charge is 0.335 e. The number of nitrogens with zero attached hydrogens (tertiary/aromatic N) is 2. The normalized spacial score (nSPS) is 11.4. The molecular formula is C31H49N3O4. The highest BCUT2D eigenvalue weighted by Gasteiger charge is 2.14. The van der Waals surface area contributed by atoms with Crippen molar-refractivity contribution in [3.63, 3.8) is 0 Å². The topological polar surface area (TPSA) is 96.7 Å². The molecule has 2 aromatic rings. The SMILES string of the molecule is CCCCCCCCCCCCCCCCCCN=Cc1c(O)n(-c2ccc(OCC)cc2)c(=O)[nH]c1=O. The van der Waals surface area contributed by atoms with Crippen LogP contribution < -0.4 is 16.0 Å². The van der Waals surface area contributed by atoms with Gasteiger partial charge in [-0.2, -0.15) is 0 Å². The summed E-state index contributed by atoms with van der Waals surface area (Å²) in [5, 5.41) is 10.6. The van der Waals surface area contributed by atoms with Crippen LogP contribution in [0.15, 0.2) is 38.8 Å². The van der Waals surface area contributed by atoms with Crippen molar-refractivity contribution >= 4 is 6.21 Å². The molecule has 1 aromatic carbocycles. The predicted octanol–water partition coefficient (Wildman–Crippen LogP) is 7.31. The zero-order valence-corrected chi connectivity index (χ0v) is 23.7. The average Bonchev–Trinajstić information content (AvgIpc) is 2.90.